The van der Waals surface area contributed by atoms with Crippen molar-refractivity contribution in [2.75, 3.05) is 17.3 Å². The fourth-order valence-corrected chi connectivity index (χ4v) is 4.02. The molecule has 1 N–H and O–H groups in total. The van der Waals surface area contributed by atoms with Gasteiger partial charge in [-0.3, -0.25) is 14.6 Å². The minimum atomic E-state index is -0.0837. The summed E-state index contributed by atoms with van der Waals surface area (Å²) in [4.78, 5) is 10.9. The maximum absolute atomic E-state index is 5.93. The minimum absolute atomic E-state index is 0.0837. The molecule has 0 aromatic carbocycles. The van der Waals surface area contributed by atoms with Gasteiger partial charge in [-0.2, -0.15) is 10.2 Å². The van der Waals surface area contributed by atoms with E-state index in [4.69, 9.17) is 9.72 Å². The molecule has 0 radical (unpaired) electrons. The normalized spacial score (nSPS) is 14.8. The van der Waals surface area contributed by atoms with E-state index in [-0.39, 0.29) is 6.17 Å². The number of anilines is 2. The molecule has 9 heteroatoms. The van der Waals surface area contributed by atoms with Gasteiger partial charge in [0.1, 0.15) is 24.2 Å². The molecule has 35 heavy (non-hydrogen) atoms. The third kappa shape index (κ3) is 4.84. The largest absolute Gasteiger partial charge is 0.487 e. The first-order chi connectivity index (χ1) is 17.0. The number of fused-ring (bicyclic) bond motifs is 1. The molecule has 178 valence electrons. The quantitative estimate of drug-likeness (QED) is 0.430. The molecule has 1 atom stereocenters. The lowest BCUT2D eigenvalue weighted by Gasteiger charge is -2.32. The number of ether oxygens (including phenoxy) is 1. The van der Waals surface area contributed by atoms with E-state index in [0.717, 1.165) is 45.3 Å². The Morgan fingerprint density at radius 3 is 2.74 bits per heavy atom. The zero-order valence-electron chi connectivity index (χ0n) is 20.3. The molecule has 0 spiro atoms. The number of nitrogens with zero attached hydrogens (tertiary/aromatic N) is 7. The molecule has 0 aliphatic carbocycles. The van der Waals surface area contributed by atoms with Crippen LogP contribution in [0, 0.1) is 0 Å². The summed E-state index contributed by atoms with van der Waals surface area (Å²) in [5.41, 5.74) is 5.88. The van der Waals surface area contributed by atoms with E-state index < -0.39 is 0 Å². The maximum atomic E-state index is 5.93. The second-order valence-corrected chi connectivity index (χ2v) is 8.85. The molecule has 0 fully saturated rings. The summed E-state index contributed by atoms with van der Waals surface area (Å²) >= 11 is 0. The Kier molecular flexibility index (Phi) is 6.13. The highest BCUT2D eigenvalue weighted by molar-refractivity contribution is 5.77. The number of pyridine rings is 2. The summed E-state index contributed by atoms with van der Waals surface area (Å²) in [7, 11) is 3.95. The van der Waals surface area contributed by atoms with Gasteiger partial charge in [-0.15, -0.1) is 5.10 Å². The Morgan fingerprint density at radius 1 is 1.11 bits per heavy atom. The van der Waals surface area contributed by atoms with Crippen LogP contribution in [0.1, 0.15) is 36.7 Å². The first kappa shape index (κ1) is 22.5. The second-order valence-electron chi connectivity index (χ2n) is 8.85. The van der Waals surface area contributed by atoms with Gasteiger partial charge in [0.2, 0.25) is 0 Å². The molecule has 5 heterocycles. The highest BCUT2D eigenvalue weighted by atomic mass is 16.5. The monoisotopic (exact) mass is 468 g/mol. The smallest absolute Gasteiger partial charge is 0.150 e. The molecule has 1 aliphatic heterocycles. The van der Waals surface area contributed by atoms with Crippen LogP contribution in [0.15, 0.2) is 61.3 Å². The van der Waals surface area contributed by atoms with Crippen LogP contribution in [0.4, 0.5) is 11.5 Å². The fourth-order valence-electron chi connectivity index (χ4n) is 4.02. The van der Waals surface area contributed by atoms with Gasteiger partial charge in [-0.1, -0.05) is 13.8 Å². The van der Waals surface area contributed by atoms with Crippen LogP contribution < -0.4 is 15.0 Å². The van der Waals surface area contributed by atoms with Crippen molar-refractivity contribution in [1.82, 2.24) is 29.9 Å². The predicted molar refractivity (Wildman–Crippen MR) is 136 cm³/mol. The number of hydrogen-bond acceptors (Lipinski definition) is 8. The molecular weight excluding hydrogens is 440 g/mol. The van der Waals surface area contributed by atoms with Crippen molar-refractivity contribution in [3.63, 3.8) is 0 Å². The fraction of sp³-hybridized carbons (Fsp3) is 0.269. The van der Waals surface area contributed by atoms with Crippen molar-refractivity contribution in [3.8, 4) is 16.9 Å². The van der Waals surface area contributed by atoms with Crippen molar-refractivity contribution < 1.29 is 4.74 Å². The Morgan fingerprint density at radius 2 is 1.94 bits per heavy atom. The Hall–Kier alpha value is -4.27. The number of hydrogen-bond donors (Lipinski definition) is 1. The summed E-state index contributed by atoms with van der Waals surface area (Å²) in [6.07, 6.45) is 13.1. The van der Waals surface area contributed by atoms with Crippen LogP contribution in [-0.2, 0) is 13.7 Å². The van der Waals surface area contributed by atoms with Crippen LogP contribution in [0.2, 0.25) is 0 Å². The van der Waals surface area contributed by atoms with Gasteiger partial charge < -0.3 is 15.0 Å². The van der Waals surface area contributed by atoms with E-state index in [9.17, 15) is 0 Å². The van der Waals surface area contributed by atoms with Crippen LogP contribution in [0.25, 0.3) is 17.2 Å². The molecule has 4 aromatic heterocycles. The van der Waals surface area contributed by atoms with Crippen molar-refractivity contribution >= 4 is 17.6 Å². The predicted octanol–water partition coefficient (Wildman–Crippen LogP) is 4.27. The molecule has 0 saturated carbocycles. The van der Waals surface area contributed by atoms with Crippen molar-refractivity contribution in [2.45, 2.75) is 32.5 Å². The topological polar surface area (TPSA) is 93.9 Å². The molecule has 5 rings (SSSR count). The zero-order chi connectivity index (χ0) is 24.4. The molecule has 9 nitrogen and oxygen atoms in total. The van der Waals surface area contributed by atoms with Gasteiger partial charge >= 0.3 is 0 Å². The van der Waals surface area contributed by atoms with Gasteiger partial charge in [-0.25, -0.2) is 0 Å². The standard InChI is InChI=1S/C26H28N8O/c1-17(2)18-12-25(31-29-14-18)30-26-6-5-22-24(34(26)4)11-19(13-28-22)21-15-33(3)32-23(21)16-35-20-7-9-27-10-8-20/h5-15,17,26H,16H2,1-4H3,(H,30,31). The summed E-state index contributed by atoms with van der Waals surface area (Å²) in [6, 6.07) is 7.86. The van der Waals surface area contributed by atoms with Crippen LogP contribution >= 0.6 is 0 Å². The number of aromatic nitrogens is 6. The van der Waals surface area contributed by atoms with Crippen LogP contribution in [-0.4, -0.2) is 43.2 Å². The van der Waals surface area contributed by atoms with E-state index in [1.165, 1.54) is 0 Å². The number of nitrogens with one attached hydrogen (secondary N) is 1. The van der Waals surface area contributed by atoms with Crippen molar-refractivity contribution in [1.29, 1.82) is 0 Å². The van der Waals surface area contributed by atoms with Crippen LogP contribution in [0.5, 0.6) is 5.75 Å². The van der Waals surface area contributed by atoms with Crippen molar-refractivity contribution in [3.05, 3.63) is 78.3 Å². The van der Waals surface area contributed by atoms with E-state index in [0.29, 0.717) is 12.5 Å². The zero-order valence-corrected chi connectivity index (χ0v) is 20.3. The van der Waals surface area contributed by atoms with Crippen molar-refractivity contribution in [2.24, 2.45) is 7.05 Å². The average Bonchev–Trinajstić information content (AvgIpc) is 3.25. The molecule has 4 aromatic rings. The van der Waals surface area contributed by atoms with Gasteiger partial charge in [-0.05, 0) is 47.9 Å². The molecular formula is C26H28N8O. The van der Waals surface area contributed by atoms with E-state index in [2.05, 4.69) is 56.5 Å². The molecule has 0 saturated heterocycles. The molecule has 0 amide bonds. The summed E-state index contributed by atoms with van der Waals surface area (Å²) in [6.45, 7) is 4.64. The number of likely N-dealkylation sites (N-methyl/N-ethyl adjacent to an activating group) is 1. The lowest BCUT2D eigenvalue weighted by Crippen LogP contribution is -2.39. The lowest BCUT2D eigenvalue weighted by atomic mass is 10.0. The van der Waals surface area contributed by atoms with Gasteiger partial charge in [0.15, 0.2) is 5.82 Å². The van der Waals surface area contributed by atoms with Gasteiger partial charge in [0, 0.05) is 50.0 Å². The summed E-state index contributed by atoms with van der Waals surface area (Å²) in [5.74, 6) is 1.88. The minimum Gasteiger partial charge on any atom is -0.487 e. The maximum Gasteiger partial charge on any atom is 0.150 e. The summed E-state index contributed by atoms with van der Waals surface area (Å²) in [5, 5.41) is 16.5. The van der Waals surface area contributed by atoms with E-state index in [1.54, 1.807) is 17.1 Å². The Bertz CT molecular complexity index is 1350. The lowest BCUT2D eigenvalue weighted by molar-refractivity contribution is 0.300. The second kappa shape index (κ2) is 9.54. The number of aryl methyl sites for hydroxylation is 1. The highest BCUT2D eigenvalue weighted by Gasteiger charge is 2.22. The van der Waals surface area contributed by atoms with E-state index >= 15 is 0 Å². The van der Waals surface area contributed by atoms with Crippen LogP contribution in [0.3, 0.4) is 0 Å². The van der Waals surface area contributed by atoms with Gasteiger partial charge in [0.25, 0.3) is 0 Å². The third-order valence-electron chi connectivity index (χ3n) is 6.01. The van der Waals surface area contributed by atoms with Gasteiger partial charge in [0.05, 0.1) is 17.6 Å². The number of rotatable bonds is 7. The highest BCUT2D eigenvalue weighted by Crippen LogP contribution is 2.32. The average molecular weight is 469 g/mol. The molecule has 0 bridgehead atoms. The molecule has 1 unspecified atom stereocenters. The third-order valence-corrected chi connectivity index (χ3v) is 6.01. The first-order valence-corrected chi connectivity index (χ1v) is 11.5. The first-order valence-electron chi connectivity index (χ1n) is 11.5. The molecule has 1 aliphatic rings. The van der Waals surface area contributed by atoms with E-state index in [1.807, 2.05) is 57.0 Å². The summed E-state index contributed by atoms with van der Waals surface area (Å²) < 4.78 is 7.73. The Balaban J connectivity index is 1.39. The Labute approximate surface area is 204 Å². The SMILES string of the molecule is CC(C)c1cnnc(NC2C=Cc3ncc(-c4cn(C)nc4COc4ccncc4)cc3N2C)c1.